The molecular formula is C17H30N4O3. The fraction of sp³-hybridized carbons (Fsp3) is 0.882. The Balaban J connectivity index is 1.54. The van der Waals surface area contributed by atoms with Crippen molar-refractivity contribution in [3.05, 3.63) is 0 Å². The van der Waals surface area contributed by atoms with E-state index in [1.807, 2.05) is 4.90 Å². The number of piperazine rings is 1. The zero-order chi connectivity index (χ0) is 17.3. The first-order valence-corrected chi connectivity index (χ1v) is 9.15. The van der Waals surface area contributed by atoms with Crippen LogP contribution >= 0.6 is 0 Å². The van der Waals surface area contributed by atoms with E-state index in [4.69, 9.17) is 5.73 Å². The maximum atomic E-state index is 12.1. The van der Waals surface area contributed by atoms with Gasteiger partial charge in [-0.05, 0) is 32.1 Å². The Morgan fingerprint density at radius 2 is 1.88 bits per heavy atom. The number of hydrogen-bond donors (Lipinski definition) is 2. The number of aliphatic hydroxyl groups excluding tert-OH is 1. The molecule has 0 aromatic carbocycles. The summed E-state index contributed by atoms with van der Waals surface area (Å²) in [6, 6.07) is 0.385. The van der Waals surface area contributed by atoms with Crippen molar-refractivity contribution in [2.45, 2.75) is 56.7 Å². The van der Waals surface area contributed by atoms with Crippen molar-refractivity contribution in [1.82, 2.24) is 14.7 Å². The molecule has 2 bridgehead atoms. The summed E-state index contributed by atoms with van der Waals surface area (Å²) in [7, 11) is 0. The molecule has 0 aromatic rings. The van der Waals surface area contributed by atoms with Gasteiger partial charge in [0.1, 0.15) is 5.54 Å². The summed E-state index contributed by atoms with van der Waals surface area (Å²) in [6.07, 6.45) is 4.31. The number of nitrogens with two attached hydrogens (primary N) is 1. The lowest BCUT2D eigenvalue weighted by Crippen LogP contribution is -2.60. The van der Waals surface area contributed by atoms with Gasteiger partial charge < -0.3 is 15.7 Å². The number of aliphatic hydroxyl groups is 1. The molecule has 3 fully saturated rings. The summed E-state index contributed by atoms with van der Waals surface area (Å²) in [4.78, 5) is 29.7. The minimum Gasteiger partial charge on any atom is -0.390 e. The van der Waals surface area contributed by atoms with Gasteiger partial charge in [-0.15, -0.1) is 0 Å². The van der Waals surface area contributed by atoms with Gasteiger partial charge in [-0.3, -0.25) is 19.4 Å². The first-order valence-electron chi connectivity index (χ1n) is 9.15. The van der Waals surface area contributed by atoms with E-state index in [9.17, 15) is 14.7 Å². The maximum Gasteiger partial charge on any atom is 0.237 e. The smallest absolute Gasteiger partial charge is 0.237 e. The molecule has 0 aromatic heterocycles. The van der Waals surface area contributed by atoms with E-state index in [1.165, 1.54) is 0 Å². The highest BCUT2D eigenvalue weighted by Crippen LogP contribution is 2.43. The predicted molar refractivity (Wildman–Crippen MR) is 90.2 cm³/mol. The normalized spacial score (nSPS) is 32.8. The van der Waals surface area contributed by atoms with Crippen LogP contribution in [-0.2, 0) is 9.59 Å². The first-order chi connectivity index (χ1) is 11.4. The molecule has 3 atom stereocenters. The molecule has 3 aliphatic heterocycles. The molecule has 3 saturated heterocycles. The molecular weight excluding hydrogens is 308 g/mol. The second-order valence-corrected chi connectivity index (χ2v) is 7.59. The van der Waals surface area contributed by atoms with Gasteiger partial charge in [-0.25, -0.2) is 0 Å². The van der Waals surface area contributed by atoms with Gasteiger partial charge in [0.15, 0.2) is 0 Å². The van der Waals surface area contributed by atoms with Gasteiger partial charge in [0.25, 0.3) is 0 Å². The van der Waals surface area contributed by atoms with Crippen LogP contribution in [0.15, 0.2) is 0 Å². The summed E-state index contributed by atoms with van der Waals surface area (Å²) >= 11 is 0. The predicted octanol–water partition coefficient (Wildman–Crippen LogP) is -0.616. The van der Waals surface area contributed by atoms with Gasteiger partial charge in [0.2, 0.25) is 11.8 Å². The summed E-state index contributed by atoms with van der Waals surface area (Å²) in [5.74, 6) is -0.115. The molecule has 0 aliphatic carbocycles. The largest absolute Gasteiger partial charge is 0.390 e. The van der Waals surface area contributed by atoms with Gasteiger partial charge in [0, 0.05) is 52.2 Å². The number of amides is 2. The number of nitrogens with zero attached hydrogens (tertiary/aromatic N) is 3. The molecule has 3 rings (SSSR count). The third-order valence-corrected chi connectivity index (χ3v) is 6.16. The van der Waals surface area contributed by atoms with Crippen LogP contribution < -0.4 is 5.73 Å². The van der Waals surface area contributed by atoms with E-state index in [1.54, 1.807) is 6.92 Å². The minimum atomic E-state index is -0.531. The van der Waals surface area contributed by atoms with Crippen LogP contribution in [0.3, 0.4) is 0 Å². The molecule has 3 aliphatic rings. The molecule has 24 heavy (non-hydrogen) atoms. The zero-order valence-corrected chi connectivity index (χ0v) is 14.6. The topological polar surface area (TPSA) is 90.1 Å². The van der Waals surface area contributed by atoms with Crippen molar-refractivity contribution in [1.29, 1.82) is 0 Å². The molecule has 3 N–H and O–H groups in total. The number of rotatable bonds is 5. The van der Waals surface area contributed by atoms with Gasteiger partial charge in [-0.2, -0.15) is 0 Å². The van der Waals surface area contributed by atoms with Crippen LogP contribution in [0.5, 0.6) is 0 Å². The molecule has 0 spiro atoms. The fourth-order valence-electron chi connectivity index (χ4n) is 4.79. The minimum absolute atomic E-state index is 0.114. The first kappa shape index (κ1) is 17.6. The molecule has 2 amide bonds. The van der Waals surface area contributed by atoms with E-state index >= 15 is 0 Å². The highest BCUT2D eigenvalue weighted by Gasteiger charge is 2.52. The van der Waals surface area contributed by atoms with Gasteiger partial charge >= 0.3 is 0 Å². The molecule has 0 radical (unpaired) electrons. The molecule has 0 unspecified atom stereocenters. The van der Waals surface area contributed by atoms with E-state index < -0.39 is 11.6 Å². The lowest BCUT2D eigenvalue weighted by Gasteiger charge is -2.44. The monoisotopic (exact) mass is 338 g/mol. The number of primary amides is 1. The SMILES string of the molecule is CC(=O)N1CCN(C[C@H](O)CN2[C@@H]3CCC[C@@]2(C(N)=O)CC3)CC1. The second-order valence-electron chi connectivity index (χ2n) is 7.59. The third-order valence-electron chi connectivity index (χ3n) is 6.16. The van der Waals surface area contributed by atoms with Crippen LogP contribution in [0, 0.1) is 0 Å². The molecule has 3 heterocycles. The van der Waals surface area contributed by atoms with Gasteiger partial charge in [-0.1, -0.05) is 0 Å². The fourth-order valence-corrected chi connectivity index (χ4v) is 4.79. The summed E-state index contributed by atoms with van der Waals surface area (Å²) < 4.78 is 0. The Labute approximate surface area is 143 Å². The van der Waals surface area contributed by atoms with Crippen molar-refractivity contribution in [3.8, 4) is 0 Å². The van der Waals surface area contributed by atoms with E-state index in [0.717, 1.165) is 58.3 Å². The number of carbonyl (C=O) groups excluding carboxylic acids is 2. The maximum absolute atomic E-state index is 12.1. The summed E-state index contributed by atoms with van der Waals surface area (Å²) in [5, 5.41) is 10.6. The third kappa shape index (κ3) is 3.30. The van der Waals surface area contributed by atoms with Crippen LogP contribution in [-0.4, -0.2) is 88.6 Å². The Hall–Kier alpha value is -1.18. The highest BCUT2D eigenvalue weighted by molar-refractivity contribution is 5.85. The van der Waals surface area contributed by atoms with Crippen molar-refractivity contribution in [2.24, 2.45) is 5.73 Å². The number of hydrogen-bond acceptors (Lipinski definition) is 5. The highest BCUT2D eigenvalue weighted by atomic mass is 16.3. The Kier molecular flexibility index (Phi) is 5.13. The second kappa shape index (κ2) is 6.98. The lowest BCUT2D eigenvalue weighted by atomic mass is 9.87. The van der Waals surface area contributed by atoms with Crippen molar-refractivity contribution in [2.75, 3.05) is 39.3 Å². The number of piperidine rings is 1. The Bertz CT molecular complexity index is 488. The Morgan fingerprint density at radius 1 is 1.17 bits per heavy atom. The van der Waals surface area contributed by atoms with Crippen LogP contribution in [0.1, 0.15) is 39.0 Å². The molecule has 7 heteroatoms. The van der Waals surface area contributed by atoms with E-state index in [2.05, 4.69) is 9.80 Å². The summed E-state index contributed by atoms with van der Waals surface area (Å²) in [6.45, 7) is 5.73. The van der Waals surface area contributed by atoms with Crippen LogP contribution in [0.2, 0.25) is 0 Å². The number of β-amino-alcohol motifs (C(OH)–C–C–N with tert-alkyl or cyclic N) is 1. The van der Waals surface area contributed by atoms with E-state index in [-0.39, 0.29) is 11.8 Å². The number of carbonyl (C=O) groups is 2. The number of fused-ring (bicyclic) bond motifs is 2. The molecule has 136 valence electrons. The standard InChI is InChI=1S/C17H30N4O3/c1-13(22)20-9-7-19(8-10-20)11-15(23)12-21-14-3-2-5-17(21,6-4-14)16(18)24/h14-15,23H,2-12H2,1H3,(H2,18,24)/t14-,15+,17+/m1/s1. The van der Waals surface area contributed by atoms with Crippen molar-refractivity contribution >= 4 is 11.8 Å². The molecule has 0 saturated carbocycles. The van der Waals surface area contributed by atoms with Crippen molar-refractivity contribution in [3.63, 3.8) is 0 Å². The van der Waals surface area contributed by atoms with Gasteiger partial charge in [0.05, 0.1) is 6.10 Å². The lowest BCUT2D eigenvalue weighted by molar-refractivity contribution is -0.132. The van der Waals surface area contributed by atoms with E-state index in [0.29, 0.717) is 19.1 Å². The van der Waals surface area contributed by atoms with Crippen LogP contribution in [0.4, 0.5) is 0 Å². The van der Waals surface area contributed by atoms with Crippen molar-refractivity contribution < 1.29 is 14.7 Å². The quantitative estimate of drug-likeness (QED) is 0.698. The average Bonchev–Trinajstić information content (AvgIpc) is 2.74. The Morgan fingerprint density at radius 3 is 2.50 bits per heavy atom. The average molecular weight is 338 g/mol. The molecule has 7 nitrogen and oxygen atoms in total. The zero-order valence-electron chi connectivity index (χ0n) is 14.6. The van der Waals surface area contributed by atoms with Crippen LogP contribution in [0.25, 0.3) is 0 Å². The summed E-state index contributed by atoms with van der Waals surface area (Å²) in [5.41, 5.74) is 5.19.